The molecule has 1 aliphatic carbocycles. The number of carbonyl (C=O) groups is 2. The topological polar surface area (TPSA) is 80.3 Å². The van der Waals surface area contributed by atoms with Crippen LogP contribution < -0.4 is 15.4 Å². The minimum Gasteiger partial charge on any atom is -0.466 e. The maximum absolute atomic E-state index is 12.7. The number of anilines is 2. The molecule has 2 aromatic rings. The SMILES string of the molecule is CC1(C(=O)Nc2nc3c(s2)CCCC3)Oc2ccc(Cl)cc2NC1=O. The van der Waals surface area contributed by atoms with Crippen molar-refractivity contribution in [2.24, 2.45) is 0 Å². The smallest absolute Gasteiger partial charge is 0.280 e. The monoisotopic (exact) mass is 377 g/mol. The first-order valence-electron chi connectivity index (χ1n) is 8.06. The summed E-state index contributed by atoms with van der Waals surface area (Å²) in [5.41, 5.74) is -0.175. The minimum atomic E-state index is -1.67. The molecule has 1 atom stereocenters. The van der Waals surface area contributed by atoms with E-state index in [9.17, 15) is 9.59 Å². The van der Waals surface area contributed by atoms with Crippen molar-refractivity contribution >= 4 is 45.6 Å². The van der Waals surface area contributed by atoms with Gasteiger partial charge in [0.05, 0.1) is 11.4 Å². The number of fused-ring (bicyclic) bond motifs is 2. The summed E-state index contributed by atoms with van der Waals surface area (Å²) in [6, 6.07) is 4.86. The molecule has 1 unspecified atom stereocenters. The molecule has 1 aromatic heterocycles. The molecule has 25 heavy (non-hydrogen) atoms. The fourth-order valence-corrected chi connectivity index (χ4v) is 4.19. The number of aromatic nitrogens is 1. The lowest BCUT2D eigenvalue weighted by Crippen LogP contribution is -2.56. The van der Waals surface area contributed by atoms with Crippen LogP contribution in [0.3, 0.4) is 0 Å². The van der Waals surface area contributed by atoms with E-state index in [1.165, 1.54) is 23.1 Å². The van der Waals surface area contributed by atoms with Crippen LogP contribution in [-0.4, -0.2) is 22.4 Å². The molecule has 0 spiro atoms. The number of carbonyl (C=O) groups excluding carboxylic acids is 2. The molecule has 4 rings (SSSR count). The van der Waals surface area contributed by atoms with Crippen molar-refractivity contribution in [3.05, 3.63) is 33.8 Å². The second-order valence-corrected chi connectivity index (χ2v) is 7.80. The molecular formula is C17H16ClN3O3S. The number of hydrogen-bond acceptors (Lipinski definition) is 5. The third-order valence-corrected chi connectivity index (χ3v) is 5.74. The third-order valence-electron chi connectivity index (χ3n) is 4.44. The number of aryl methyl sites for hydroxylation is 2. The lowest BCUT2D eigenvalue weighted by atomic mass is 10.0. The van der Waals surface area contributed by atoms with Crippen molar-refractivity contribution in [3.63, 3.8) is 0 Å². The quantitative estimate of drug-likeness (QED) is 0.786. The highest BCUT2D eigenvalue weighted by atomic mass is 35.5. The summed E-state index contributed by atoms with van der Waals surface area (Å²) >= 11 is 7.39. The van der Waals surface area contributed by atoms with Crippen molar-refractivity contribution in [1.29, 1.82) is 0 Å². The maximum atomic E-state index is 12.7. The van der Waals surface area contributed by atoms with Crippen molar-refractivity contribution in [2.45, 2.75) is 38.2 Å². The van der Waals surface area contributed by atoms with Gasteiger partial charge in [0.2, 0.25) is 0 Å². The van der Waals surface area contributed by atoms with Gasteiger partial charge >= 0.3 is 0 Å². The van der Waals surface area contributed by atoms with E-state index < -0.39 is 17.4 Å². The summed E-state index contributed by atoms with van der Waals surface area (Å²) in [6.07, 6.45) is 4.19. The van der Waals surface area contributed by atoms with Crippen LogP contribution in [-0.2, 0) is 22.4 Å². The standard InChI is InChI=1S/C17H16ClN3O3S/c1-17(14(22)19-11-8-9(18)6-7-12(11)24-17)15(23)21-16-20-10-4-2-3-5-13(10)25-16/h6-8H,2-5H2,1H3,(H,19,22)(H,20,21,23). The van der Waals surface area contributed by atoms with Gasteiger partial charge in [-0.2, -0.15) is 0 Å². The summed E-state index contributed by atoms with van der Waals surface area (Å²) in [5.74, 6) is -0.683. The van der Waals surface area contributed by atoms with Gasteiger partial charge in [-0.25, -0.2) is 4.98 Å². The Morgan fingerprint density at radius 1 is 1.40 bits per heavy atom. The number of halogens is 1. The third kappa shape index (κ3) is 2.87. The first-order valence-corrected chi connectivity index (χ1v) is 9.25. The molecular weight excluding hydrogens is 362 g/mol. The Bertz CT molecular complexity index is 859. The highest BCUT2D eigenvalue weighted by Gasteiger charge is 2.47. The fraction of sp³-hybridized carbons (Fsp3) is 0.353. The van der Waals surface area contributed by atoms with Crippen LogP contribution in [0.25, 0.3) is 0 Å². The molecule has 2 N–H and O–H groups in total. The Morgan fingerprint density at radius 2 is 2.20 bits per heavy atom. The molecule has 0 radical (unpaired) electrons. The van der Waals surface area contributed by atoms with E-state index in [1.54, 1.807) is 18.2 Å². The number of ether oxygens (including phenoxy) is 1. The number of thiazole rings is 1. The number of nitrogens with zero attached hydrogens (tertiary/aromatic N) is 1. The van der Waals surface area contributed by atoms with Crippen molar-refractivity contribution in [1.82, 2.24) is 4.98 Å². The number of rotatable bonds is 2. The molecule has 0 bridgehead atoms. The molecule has 0 saturated carbocycles. The Balaban J connectivity index is 1.57. The van der Waals surface area contributed by atoms with Gasteiger partial charge in [-0.05, 0) is 50.8 Å². The molecule has 2 heterocycles. The predicted molar refractivity (Wildman–Crippen MR) is 96.5 cm³/mol. The van der Waals surface area contributed by atoms with Gasteiger partial charge in [0.25, 0.3) is 17.4 Å². The molecule has 2 amide bonds. The van der Waals surface area contributed by atoms with Crippen molar-refractivity contribution < 1.29 is 14.3 Å². The zero-order chi connectivity index (χ0) is 17.6. The number of nitrogens with one attached hydrogen (secondary N) is 2. The van der Waals surface area contributed by atoms with Crippen LogP contribution in [0.15, 0.2) is 18.2 Å². The van der Waals surface area contributed by atoms with Crippen molar-refractivity contribution in [2.75, 3.05) is 10.6 Å². The molecule has 0 saturated heterocycles. The van der Waals surface area contributed by atoms with Crippen LogP contribution in [0.1, 0.15) is 30.3 Å². The van der Waals surface area contributed by atoms with Crippen molar-refractivity contribution in [3.8, 4) is 5.75 Å². The van der Waals surface area contributed by atoms with Crippen LogP contribution in [0, 0.1) is 0 Å². The average molecular weight is 378 g/mol. The number of amides is 2. The highest BCUT2D eigenvalue weighted by molar-refractivity contribution is 7.15. The van der Waals surface area contributed by atoms with Gasteiger partial charge in [0.15, 0.2) is 5.13 Å². The summed E-state index contributed by atoms with van der Waals surface area (Å²) in [7, 11) is 0. The fourth-order valence-electron chi connectivity index (χ4n) is 2.97. The molecule has 1 aliphatic heterocycles. The second kappa shape index (κ2) is 6.00. The van der Waals surface area contributed by atoms with Gasteiger partial charge in [-0.15, -0.1) is 11.3 Å². The largest absolute Gasteiger partial charge is 0.466 e. The van der Waals surface area contributed by atoms with E-state index in [0.29, 0.717) is 21.6 Å². The van der Waals surface area contributed by atoms with E-state index in [0.717, 1.165) is 31.4 Å². The van der Waals surface area contributed by atoms with Crippen LogP contribution in [0.5, 0.6) is 5.75 Å². The van der Waals surface area contributed by atoms with Crippen LogP contribution >= 0.6 is 22.9 Å². The van der Waals surface area contributed by atoms with E-state index in [2.05, 4.69) is 15.6 Å². The van der Waals surface area contributed by atoms with Gasteiger partial charge in [-0.1, -0.05) is 11.6 Å². The highest BCUT2D eigenvalue weighted by Crippen LogP contribution is 2.36. The number of hydrogen-bond donors (Lipinski definition) is 2. The molecule has 8 heteroatoms. The van der Waals surface area contributed by atoms with Gasteiger partial charge in [0.1, 0.15) is 5.75 Å². The average Bonchev–Trinajstić information content (AvgIpc) is 2.98. The predicted octanol–water partition coefficient (Wildman–Crippen LogP) is 3.40. The van der Waals surface area contributed by atoms with E-state index in [4.69, 9.17) is 16.3 Å². The minimum absolute atomic E-state index is 0.403. The Kier molecular flexibility index (Phi) is 3.92. The van der Waals surface area contributed by atoms with Crippen LogP contribution in [0.2, 0.25) is 5.02 Å². The Morgan fingerprint density at radius 3 is 3.00 bits per heavy atom. The number of benzene rings is 1. The van der Waals surface area contributed by atoms with E-state index in [1.807, 2.05) is 0 Å². The lowest BCUT2D eigenvalue weighted by Gasteiger charge is -2.33. The second-order valence-electron chi connectivity index (χ2n) is 6.28. The normalized spacial score (nSPS) is 21.6. The zero-order valence-electron chi connectivity index (χ0n) is 13.5. The molecule has 0 fully saturated rings. The van der Waals surface area contributed by atoms with Gasteiger partial charge in [0, 0.05) is 9.90 Å². The van der Waals surface area contributed by atoms with Crippen LogP contribution in [0.4, 0.5) is 10.8 Å². The lowest BCUT2D eigenvalue weighted by molar-refractivity contribution is -0.143. The summed E-state index contributed by atoms with van der Waals surface area (Å²) in [6.45, 7) is 1.45. The zero-order valence-corrected chi connectivity index (χ0v) is 15.1. The molecule has 6 nitrogen and oxygen atoms in total. The first-order chi connectivity index (χ1) is 12.0. The van der Waals surface area contributed by atoms with E-state index in [-0.39, 0.29) is 0 Å². The summed E-state index contributed by atoms with van der Waals surface area (Å²) < 4.78 is 5.72. The first kappa shape index (κ1) is 16.4. The summed E-state index contributed by atoms with van der Waals surface area (Å²) in [4.78, 5) is 30.9. The Hall–Kier alpha value is -2.12. The molecule has 130 valence electrons. The Labute approximate surface area is 153 Å². The van der Waals surface area contributed by atoms with Gasteiger partial charge in [-0.3, -0.25) is 14.9 Å². The van der Waals surface area contributed by atoms with Gasteiger partial charge < -0.3 is 10.1 Å². The summed E-state index contributed by atoms with van der Waals surface area (Å²) in [5, 5.41) is 6.41. The van der Waals surface area contributed by atoms with E-state index >= 15 is 0 Å². The molecule has 2 aliphatic rings. The molecule has 1 aromatic carbocycles. The maximum Gasteiger partial charge on any atom is 0.280 e.